The molecule has 1 aromatic heterocycles. The van der Waals surface area contributed by atoms with Gasteiger partial charge in [0, 0.05) is 18.5 Å². The molecule has 0 atom stereocenters. The number of nitrogens with zero attached hydrogens (tertiary/aromatic N) is 1. The Bertz CT molecular complexity index is 817. The molecule has 1 heterocycles. The Balaban J connectivity index is 1.69. The standard InChI is InChI=1S/C21H24N2O2/c1-3-23(4-2)15-18-11-6-5-10-17(18)14-22-21(24)20-13-16-9-7-8-12-19(16)25-20/h5-13H,3-4,14-15H2,1-2H3,(H,22,24). The van der Waals surface area contributed by atoms with Gasteiger partial charge in [-0.2, -0.15) is 0 Å². The van der Waals surface area contributed by atoms with E-state index in [2.05, 4.69) is 36.2 Å². The van der Waals surface area contributed by atoms with Crippen molar-refractivity contribution in [1.29, 1.82) is 0 Å². The first-order chi connectivity index (χ1) is 12.2. The summed E-state index contributed by atoms with van der Waals surface area (Å²) in [6.07, 6.45) is 0. The molecule has 25 heavy (non-hydrogen) atoms. The van der Waals surface area contributed by atoms with Gasteiger partial charge in [0.25, 0.3) is 5.91 Å². The van der Waals surface area contributed by atoms with E-state index in [1.807, 2.05) is 36.4 Å². The minimum atomic E-state index is -0.186. The lowest BCUT2D eigenvalue weighted by Crippen LogP contribution is -2.25. The van der Waals surface area contributed by atoms with Crippen molar-refractivity contribution in [3.05, 3.63) is 71.5 Å². The van der Waals surface area contributed by atoms with Crippen molar-refractivity contribution in [2.45, 2.75) is 26.9 Å². The van der Waals surface area contributed by atoms with E-state index in [4.69, 9.17) is 4.42 Å². The van der Waals surface area contributed by atoms with E-state index in [0.29, 0.717) is 12.3 Å². The molecule has 0 radical (unpaired) electrons. The number of furan rings is 1. The lowest BCUT2D eigenvalue weighted by molar-refractivity contribution is 0.0925. The number of carbonyl (C=O) groups is 1. The summed E-state index contributed by atoms with van der Waals surface area (Å²) in [5.41, 5.74) is 3.12. The highest BCUT2D eigenvalue weighted by atomic mass is 16.3. The van der Waals surface area contributed by atoms with Crippen molar-refractivity contribution >= 4 is 16.9 Å². The summed E-state index contributed by atoms with van der Waals surface area (Å²) in [7, 11) is 0. The third kappa shape index (κ3) is 4.09. The normalized spacial score (nSPS) is 11.2. The third-order valence-corrected chi connectivity index (χ3v) is 4.50. The van der Waals surface area contributed by atoms with E-state index < -0.39 is 0 Å². The van der Waals surface area contributed by atoms with Crippen LogP contribution in [0.1, 0.15) is 35.5 Å². The Kier molecular flexibility index (Phi) is 5.51. The maximum Gasteiger partial charge on any atom is 0.287 e. The smallest absolute Gasteiger partial charge is 0.287 e. The van der Waals surface area contributed by atoms with Crippen LogP contribution in [0.25, 0.3) is 11.0 Å². The second-order valence-electron chi connectivity index (χ2n) is 6.06. The van der Waals surface area contributed by atoms with Crippen LogP contribution in [0.15, 0.2) is 59.0 Å². The van der Waals surface area contributed by atoms with Gasteiger partial charge in [0.1, 0.15) is 5.58 Å². The fraction of sp³-hybridized carbons (Fsp3) is 0.286. The van der Waals surface area contributed by atoms with Crippen LogP contribution in [-0.2, 0) is 13.1 Å². The van der Waals surface area contributed by atoms with Gasteiger partial charge in [-0.15, -0.1) is 0 Å². The van der Waals surface area contributed by atoms with Crippen LogP contribution in [0.2, 0.25) is 0 Å². The van der Waals surface area contributed by atoms with Crippen molar-refractivity contribution in [2.24, 2.45) is 0 Å². The summed E-state index contributed by atoms with van der Waals surface area (Å²) >= 11 is 0. The summed E-state index contributed by atoms with van der Waals surface area (Å²) < 4.78 is 5.63. The molecule has 0 saturated carbocycles. The maximum atomic E-state index is 12.4. The van der Waals surface area contributed by atoms with Gasteiger partial charge in [0.05, 0.1) is 0 Å². The van der Waals surface area contributed by atoms with Crippen LogP contribution >= 0.6 is 0 Å². The lowest BCUT2D eigenvalue weighted by Gasteiger charge is -2.20. The maximum absolute atomic E-state index is 12.4. The van der Waals surface area contributed by atoms with Gasteiger partial charge in [0.15, 0.2) is 5.76 Å². The summed E-state index contributed by atoms with van der Waals surface area (Å²) in [5, 5.41) is 3.91. The minimum Gasteiger partial charge on any atom is -0.451 e. The third-order valence-electron chi connectivity index (χ3n) is 4.50. The number of nitrogens with one attached hydrogen (secondary N) is 1. The van der Waals surface area contributed by atoms with Crippen LogP contribution in [0.3, 0.4) is 0 Å². The average Bonchev–Trinajstić information content (AvgIpc) is 3.09. The van der Waals surface area contributed by atoms with E-state index in [-0.39, 0.29) is 5.91 Å². The first kappa shape index (κ1) is 17.2. The highest BCUT2D eigenvalue weighted by Gasteiger charge is 2.13. The zero-order valence-corrected chi connectivity index (χ0v) is 14.8. The fourth-order valence-corrected chi connectivity index (χ4v) is 2.93. The molecule has 0 bridgehead atoms. The molecule has 4 nitrogen and oxygen atoms in total. The van der Waals surface area contributed by atoms with E-state index in [0.717, 1.165) is 36.2 Å². The van der Waals surface area contributed by atoms with Crippen LogP contribution < -0.4 is 5.32 Å². The molecule has 0 aliphatic heterocycles. The Morgan fingerprint density at radius 2 is 1.68 bits per heavy atom. The summed E-state index contributed by atoms with van der Waals surface area (Å²) in [5.74, 6) is 0.163. The number of fused-ring (bicyclic) bond motifs is 1. The Labute approximate surface area is 148 Å². The minimum absolute atomic E-state index is 0.186. The molecule has 0 aliphatic carbocycles. The first-order valence-corrected chi connectivity index (χ1v) is 8.77. The second-order valence-corrected chi connectivity index (χ2v) is 6.06. The molecular formula is C21H24N2O2. The highest BCUT2D eigenvalue weighted by molar-refractivity contribution is 5.96. The van der Waals surface area contributed by atoms with Crippen molar-refractivity contribution in [3.8, 4) is 0 Å². The molecule has 0 fully saturated rings. The van der Waals surface area contributed by atoms with E-state index in [9.17, 15) is 4.79 Å². The van der Waals surface area contributed by atoms with Crippen LogP contribution in [0.5, 0.6) is 0 Å². The average molecular weight is 336 g/mol. The monoisotopic (exact) mass is 336 g/mol. The Morgan fingerprint density at radius 3 is 2.40 bits per heavy atom. The Morgan fingerprint density at radius 1 is 1.00 bits per heavy atom. The number of hydrogen-bond acceptors (Lipinski definition) is 3. The topological polar surface area (TPSA) is 45.5 Å². The van der Waals surface area contributed by atoms with E-state index in [1.165, 1.54) is 5.56 Å². The van der Waals surface area contributed by atoms with Crippen molar-refractivity contribution in [2.75, 3.05) is 13.1 Å². The summed E-state index contributed by atoms with van der Waals surface area (Å²) in [6.45, 7) is 7.73. The van der Waals surface area contributed by atoms with Gasteiger partial charge in [-0.05, 0) is 36.3 Å². The lowest BCUT2D eigenvalue weighted by atomic mass is 10.1. The molecule has 0 unspecified atom stereocenters. The van der Waals surface area contributed by atoms with Crippen LogP contribution in [-0.4, -0.2) is 23.9 Å². The largest absolute Gasteiger partial charge is 0.451 e. The van der Waals surface area contributed by atoms with Gasteiger partial charge in [-0.3, -0.25) is 9.69 Å². The molecule has 3 aromatic rings. The second kappa shape index (κ2) is 7.99. The van der Waals surface area contributed by atoms with Crippen LogP contribution in [0.4, 0.5) is 0 Å². The number of amides is 1. The van der Waals surface area contributed by atoms with Gasteiger partial charge in [-0.1, -0.05) is 56.3 Å². The summed E-state index contributed by atoms with van der Waals surface area (Å²) in [4.78, 5) is 14.8. The zero-order valence-electron chi connectivity index (χ0n) is 14.8. The Hall–Kier alpha value is -2.59. The predicted octanol–water partition coefficient (Wildman–Crippen LogP) is 4.20. The number of hydrogen-bond donors (Lipinski definition) is 1. The number of benzene rings is 2. The zero-order chi connectivity index (χ0) is 17.6. The molecule has 130 valence electrons. The number of carbonyl (C=O) groups excluding carboxylic acids is 1. The van der Waals surface area contributed by atoms with Gasteiger partial charge < -0.3 is 9.73 Å². The molecule has 0 spiro atoms. The molecule has 2 aromatic carbocycles. The van der Waals surface area contributed by atoms with Crippen molar-refractivity contribution in [1.82, 2.24) is 10.2 Å². The van der Waals surface area contributed by atoms with E-state index >= 15 is 0 Å². The number of para-hydroxylation sites is 1. The molecule has 4 heteroatoms. The van der Waals surface area contributed by atoms with Gasteiger partial charge in [-0.25, -0.2) is 0 Å². The molecule has 0 aliphatic rings. The van der Waals surface area contributed by atoms with E-state index in [1.54, 1.807) is 6.07 Å². The van der Waals surface area contributed by atoms with Crippen molar-refractivity contribution < 1.29 is 9.21 Å². The van der Waals surface area contributed by atoms with Crippen molar-refractivity contribution in [3.63, 3.8) is 0 Å². The first-order valence-electron chi connectivity index (χ1n) is 8.77. The molecule has 0 saturated heterocycles. The molecule has 1 amide bonds. The number of rotatable bonds is 7. The fourth-order valence-electron chi connectivity index (χ4n) is 2.93. The predicted molar refractivity (Wildman–Crippen MR) is 100 cm³/mol. The van der Waals surface area contributed by atoms with Gasteiger partial charge in [0.2, 0.25) is 0 Å². The quantitative estimate of drug-likeness (QED) is 0.703. The molecule has 1 N–H and O–H groups in total. The van der Waals surface area contributed by atoms with Crippen LogP contribution in [0, 0.1) is 0 Å². The molecular weight excluding hydrogens is 312 g/mol. The SMILES string of the molecule is CCN(CC)Cc1ccccc1CNC(=O)c1cc2ccccc2o1. The highest BCUT2D eigenvalue weighted by Crippen LogP contribution is 2.19. The van der Waals surface area contributed by atoms with Gasteiger partial charge >= 0.3 is 0 Å². The molecule has 3 rings (SSSR count). The summed E-state index contributed by atoms with van der Waals surface area (Å²) in [6, 6.07) is 17.7.